The van der Waals surface area contributed by atoms with Gasteiger partial charge in [-0.15, -0.1) is 0 Å². The van der Waals surface area contributed by atoms with Crippen molar-refractivity contribution in [3.05, 3.63) is 17.8 Å². The Kier molecular flexibility index (Phi) is 8.03. The number of carbonyl (C=O) groups excluding carboxylic acids is 2. The summed E-state index contributed by atoms with van der Waals surface area (Å²) in [6, 6.07) is 1.78. The summed E-state index contributed by atoms with van der Waals surface area (Å²) in [5, 5.41) is 6.19. The van der Waals surface area contributed by atoms with Gasteiger partial charge in [-0.1, -0.05) is 27.7 Å². The van der Waals surface area contributed by atoms with Gasteiger partial charge in [0.15, 0.2) is 0 Å². The summed E-state index contributed by atoms with van der Waals surface area (Å²) in [5.74, 6) is 0.486. The molecule has 1 aliphatic heterocycles. The van der Waals surface area contributed by atoms with Crippen LogP contribution in [0.2, 0.25) is 0 Å². The number of anilines is 2. The molecule has 1 aromatic heterocycles. The second-order valence-corrected chi connectivity index (χ2v) is 7.27. The molecule has 2 N–H and O–H groups in total. The van der Waals surface area contributed by atoms with Gasteiger partial charge in [0, 0.05) is 45.2 Å². The fraction of sp³-hybridized carbons (Fsp3) is 0.650. The average Bonchev–Trinajstić information content (AvgIpc) is 2.67. The molecule has 150 valence electrons. The van der Waals surface area contributed by atoms with Crippen molar-refractivity contribution in [2.45, 2.75) is 40.5 Å². The Hall–Kier alpha value is -2.15. The second kappa shape index (κ2) is 10.3. The Bertz CT molecular complexity index is 635. The van der Waals surface area contributed by atoms with Crippen molar-refractivity contribution in [1.82, 2.24) is 15.2 Å². The van der Waals surface area contributed by atoms with Crippen LogP contribution in [-0.4, -0.2) is 61.0 Å². The summed E-state index contributed by atoms with van der Waals surface area (Å²) < 4.78 is 0. The van der Waals surface area contributed by atoms with Crippen LogP contribution < -0.4 is 15.5 Å². The summed E-state index contributed by atoms with van der Waals surface area (Å²) in [5.41, 5.74) is 1.14. The lowest BCUT2D eigenvalue weighted by molar-refractivity contribution is -0.118. The number of hydrogen-bond acceptors (Lipinski definition) is 5. The minimum absolute atomic E-state index is 0.0135. The fourth-order valence-electron chi connectivity index (χ4n) is 3.12. The number of pyridine rings is 1. The highest BCUT2D eigenvalue weighted by molar-refractivity contribution is 6.01. The first-order chi connectivity index (χ1) is 13.0. The smallest absolute Gasteiger partial charge is 0.257 e. The Morgan fingerprint density at radius 3 is 2.41 bits per heavy atom. The SMILES string of the molecule is CCCN(CCC)C(=O)c1cc(NC(=O)C(C)C)cnc1N1CCNCC1. The topological polar surface area (TPSA) is 77.6 Å². The Labute approximate surface area is 162 Å². The average molecular weight is 376 g/mol. The van der Waals surface area contributed by atoms with Gasteiger partial charge >= 0.3 is 0 Å². The number of aromatic nitrogens is 1. The first-order valence-electron chi connectivity index (χ1n) is 10.0. The second-order valence-electron chi connectivity index (χ2n) is 7.27. The molecule has 0 spiro atoms. The maximum Gasteiger partial charge on any atom is 0.257 e. The summed E-state index contributed by atoms with van der Waals surface area (Å²) in [6.45, 7) is 12.6. The predicted molar refractivity (Wildman–Crippen MR) is 109 cm³/mol. The van der Waals surface area contributed by atoms with Crippen LogP contribution in [0.1, 0.15) is 50.9 Å². The number of carbonyl (C=O) groups is 2. The molecule has 0 bridgehead atoms. The van der Waals surface area contributed by atoms with Gasteiger partial charge in [0.2, 0.25) is 5.91 Å². The van der Waals surface area contributed by atoms with Crippen LogP contribution in [0, 0.1) is 5.92 Å². The Balaban J connectivity index is 2.37. The number of hydrogen-bond donors (Lipinski definition) is 2. The lowest BCUT2D eigenvalue weighted by atomic mass is 10.1. The minimum Gasteiger partial charge on any atom is -0.353 e. The first kappa shape index (κ1) is 21.2. The standard InChI is InChI=1S/C20H33N5O2/c1-5-9-25(10-6-2)20(27)17-13-16(23-19(26)15(3)4)14-22-18(17)24-11-7-21-8-12-24/h13-15,21H,5-12H2,1-4H3,(H,23,26). The van der Waals surface area contributed by atoms with Crippen LogP contribution >= 0.6 is 0 Å². The van der Waals surface area contributed by atoms with E-state index in [0.29, 0.717) is 17.1 Å². The molecule has 7 nitrogen and oxygen atoms in total. The predicted octanol–water partition coefficient (Wildman–Crippen LogP) is 2.35. The van der Waals surface area contributed by atoms with Crippen LogP contribution in [0.15, 0.2) is 12.3 Å². The third kappa shape index (κ3) is 5.66. The molecule has 0 aliphatic carbocycles. The fourth-order valence-corrected chi connectivity index (χ4v) is 3.12. The Morgan fingerprint density at radius 2 is 1.85 bits per heavy atom. The number of amides is 2. The molecule has 1 fully saturated rings. The molecule has 2 amide bonds. The van der Waals surface area contributed by atoms with Gasteiger partial charge in [0.25, 0.3) is 5.91 Å². The van der Waals surface area contributed by atoms with E-state index in [1.807, 2.05) is 18.7 Å². The molecule has 2 rings (SSSR count). The number of rotatable bonds is 8. The summed E-state index contributed by atoms with van der Waals surface area (Å²) in [6.07, 6.45) is 3.47. The monoisotopic (exact) mass is 375 g/mol. The number of nitrogens with one attached hydrogen (secondary N) is 2. The summed E-state index contributed by atoms with van der Waals surface area (Å²) in [7, 11) is 0. The van der Waals surface area contributed by atoms with Gasteiger partial charge in [-0.25, -0.2) is 4.98 Å². The molecule has 1 aromatic rings. The van der Waals surface area contributed by atoms with Crippen molar-refractivity contribution in [2.75, 3.05) is 49.5 Å². The molecular weight excluding hydrogens is 342 g/mol. The molecule has 0 atom stereocenters. The molecule has 0 aromatic carbocycles. The third-order valence-corrected chi connectivity index (χ3v) is 4.58. The number of nitrogens with zero attached hydrogens (tertiary/aromatic N) is 3. The highest BCUT2D eigenvalue weighted by atomic mass is 16.2. The zero-order valence-corrected chi connectivity index (χ0v) is 17.0. The van der Waals surface area contributed by atoms with Crippen molar-refractivity contribution in [3.63, 3.8) is 0 Å². The molecular formula is C20H33N5O2. The van der Waals surface area contributed by atoms with E-state index in [2.05, 4.69) is 34.4 Å². The lowest BCUT2D eigenvalue weighted by Crippen LogP contribution is -2.45. The van der Waals surface area contributed by atoms with E-state index in [1.165, 1.54) is 0 Å². The highest BCUT2D eigenvalue weighted by Gasteiger charge is 2.24. The van der Waals surface area contributed by atoms with Crippen LogP contribution in [0.3, 0.4) is 0 Å². The minimum atomic E-state index is -0.131. The van der Waals surface area contributed by atoms with Crippen molar-refractivity contribution in [2.24, 2.45) is 5.92 Å². The quantitative estimate of drug-likeness (QED) is 0.729. The van der Waals surface area contributed by atoms with Gasteiger partial charge in [-0.2, -0.15) is 0 Å². The van der Waals surface area contributed by atoms with E-state index in [-0.39, 0.29) is 17.7 Å². The Morgan fingerprint density at radius 1 is 1.22 bits per heavy atom. The molecule has 0 saturated carbocycles. The van der Waals surface area contributed by atoms with E-state index in [9.17, 15) is 9.59 Å². The summed E-state index contributed by atoms with van der Waals surface area (Å²) >= 11 is 0. The maximum absolute atomic E-state index is 13.3. The van der Waals surface area contributed by atoms with Crippen molar-refractivity contribution < 1.29 is 9.59 Å². The molecule has 1 saturated heterocycles. The zero-order valence-electron chi connectivity index (χ0n) is 17.0. The largest absolute Gasteiger partial charge is 0.353 e. The molecule has 1 aliphatic rings. The molecule has 7 heteroatoms. The van der Waals surface area contributed by atoms with Gasteiger partial charge in [-0.05, 0) is 18.9 Å². The van der Waals surface area contributed by atoms with Crippen LogP contribution in [0.5, 0.6) is 0 Å². The van der Waals surface area contributed by atoms with Gasteiger partial charge in [0.05, 0.1) is 17.4 Å². The van der Waals surface area contributed by atoms with Gasteiger partial charge < -0.3 is 20.4 Å². The molecule has 0 radical (unpaired) electrons. The van der Waals surface area contributed by atoms with Crippen LogP contribution in [-0.2, 0) is 4.79 Å². The summed E-state index contributed by atoms with van der Waals surface area (Å²) in [4.78, 5) is 34.0. The van der Waals surface area contributed by atoms with E-state index in [0.717, 1.165) is 52.1 Å². The zero-order chi connectivity index (χ0) is 19.8. The molecule has 0 unspecified atom stereocenters. The lowest BCUT2D eigenvalue weighted by Gasteiger charge is -2.31. The van der Waals surface area contributed by atoms with Crippen LogP contribution in [0.25, 0.3) is 0 Å². The number of piperazine rings is 1. The third-order valence-electron chi connectivity index (χ3n) is 4.58. The van der Waals surface area contributed by atoms with E-state index in [4.69, 9.17) is 0 Å². The van der Waals surface area contributed by atoms with Crippen molar-refractivity contribution in [3.8, 4) is 0 Å². The van der Waals surface area contributed by atoms with Gasteiger partial charge in [-0.3, -0.25) is 9.59 Å². The normalized spacial score (nSPS) is 14.3. The van der Waals surface area contributed by atoms with E-state index >= 15 is 0 Å². The van der Waals surface area contributed by atoms with Crippen molar-refractivity contribution >= 4 is 23.3 Å². The first-order valence-corrected chi connectivity index (χ1v) is 10.0. The van der Waals surface area contributed by atoms with Crippen LogP contribution in [0.4, 0.5) is 11.5 Å². The molecule has 27 heavy (non-hydrogen) atoms. The highest BCUT2D eigenvalue weighted by Crippen LogP contribution is 2.24. The van der Waals surface area contributed by atoms with Gasteiger partial charge in [0.1, 0.15) is 5.82 Å². The maximum atomic E-state index is 13.3. The van der Waals surface area contributed by atoms with E-state index < -0.39 is 0 Å². The van der Waals surface area contributed by atoms with Crippen molar-refractivity contribution in [1.29, 1.82) is 0 Å². The van der Waals surface area contributed by atoms with E-state index in [1.54, 1.807) is 12.3 Å². The molecule has 2 heterocycles.